The predicted octanol–water partition coefficient (Wildman–Crippen LogP) is 1.94. The minimum Gasteiger partial charge on any atom is -0.399 e. The van der Waals surface area contributed by atoms with Gasteiger partial charge in [-0.2, -0.15) is 0 Å². The Morgan fingerprint density at radius 2 is 2.21 bits per heavy atom. The maximum Gasteiger partial charge on any atom is 0.254 e. The summed E-state index contributed by atoms with van der Waals surface area (Å²) in [5.41, 5.74) is 5.71. The molecule has 0 aliphatic heterocycles. The summed E-state index contributed by atoms with van der Waals surface area (Å²) in [4.78, 5) is 11.8. The summed E-state index contributed by atoms with van der Waals surface area (Å²) in [6.07, 6.45) is 2.54. The van der Waals surface area contributed by atoms with Gasteiger partial charge in [-0.1, -0.05) is 13.3 Å². The number of amides is 1. The summed E-state index contributed by atoms with van der Waals surface area (Å²) in [6.45, 7) is 2.58. The first kappa shape index (κ1) is 15.4. The average Bonchev–Trinajstić information content (AvgIpc) is 2.36. The van der Waals surface area contributed by atoms with Crippen LogP contribution in [-0.2, 0) is 0 Å². The van der Waals surface area contributed by atoms with Crippen LogP contribution in [0.1, 0.15) is 36.5 Å². The van der Waals surface area contributed by atoms with Gasteiger partial charge in [-0.3, -0.25) is 4.79 Å². The van der Waals surface area contributed by atoms with Gasteiger partial charge in [0.2, 0.25) is 0 Å². The Labute approximate surface area is 112 Å². The molecule has 19 heavy (non-hydrogen) atoms. The number of nitrogen functional groups attached to an aromatic ring is 1. The van der Waals surface area contributed by atoms with Crippen molar-refractivity contribution in [3.8, 4) is 0 Å². The van der Waals surface area contributed by atoms with E-state index in [1.54, 1.807) is 0 Å². The number of aliphatic hydroxyl groups is 1. The Bertz CT molecular complexity index is 418. The zero-order valence-electron chi connectivity index (χ0n) is 11.2. The molecule has 4 nitrogen and oxygen atoms in total. The summed E-state index contributed by atoms with van der Waals surface area (Å²) >= 11 is 0. The molecule has 5 heteroatoms. The van der Waals surface area contributed by atoms with Crippen LogP contribution in [0.5, 0.6) is 0 Å². The zero-order chi connectivity index (χ0) is 14.3. The Morgan fingerprint density at radius 3 is 2.79 bits per heavy atom. The van der Waals surface area contributed by atoms with E-state index in [9.17, 15) is 9.18 Å². The van der Waals surface area contributed by atoms with E-state index in [-0.39, 0.29) is 23.8 Å². The molecule has 1 aromatic rings. The van der Waals surface area contributed by atoms with Crippen LogP contribution >= 0.6 is 0 Å². The van der Waals surface area contributed by atoms with Gasteiger partial charge in [-0.15, -0.1) is 0 Å². The molecule has 0 heterocycles. The third-order valence-electron chi connectivity index (χ3n) is 3.02. The van der Waals surface area contributed by atoms with E-state index in [0.29, 0.717) is 13.0 Å². The quantitative estimate of drug-likeness (QED) is 0.661. The molecule has 0 radical (unpaired) electrons. The van der Waals surface area contributed by atoms with Gasteiger partial charge in [0.15, 0.2) is 0 Å². The van der Waals surface area contributed by atoms with Crippen molar-refractivity contribution in [1.29, 1.82) is 0 Å². The van der Waals surface area contributed by atoms with Crippen LogP contribution in [0, 0.1) is 11.7 Å². The molecular formula is C14H21FN2O2. The normalized spacial score (nSPS) is 12.2. The van der Waals surface area contributed by atoms with Gasteiger partial charge >= 0.3 is 0 Å². The standard InChI is InChI=1S/C14H21FN2O2/c1-2-3-10(6-7-18)9-17-14(19)12-5-4-11(16)8-13(12)15/h4-5,8,10,18H,2-3,6-7,9,16H2,1H3,(H,17,19). The van der Waals surface area contributed by atoms with Crippen LogP contribution in [0.4, 0.5) is 10.1 Å². The fourth-order valence-electron chi connectivity index (χ4n) is 1.99. The lowest BCUT2D eigenvalue weighted by atomic mass is 10.00. The highest BCUT2D eigenvalue weighted by Crippen LogP contribution is 2.13. The summed E-state index contributed by atoms with van der Waals surface area (Å²) in [7, 11) is 0. The average molecular weight is 268 g/mol. The number of nitrogens with two attached hydrogens (primary N) is 1. The number of halogens is 1. The third kappa shape index (κ3) is 4.87. The predicted molar refractivity (Wildman–Crippen MR) is 73.2 cm³/mol. The minimum absolute atomic E-state index is 0.00607. The van der Waals surface area contributed by atoms with E-state index >= 15 is 0 Å². The molecule has 0 aliphatic carbocycles. The monoisotopic (exact) mass is 268 g/mol. The minimum atomic E-state index is -0.619. The molecule has 0 spiro atoms. The lowest BCUT2D eigenvalue weighted by molar-refractivity contribution is 0.0939. The lowest BCUT2D eigenvalue weighted by Crippen LogP contribution is -2.30. The van der Waals surface area contributed by atoms with Gasteiger partial charge in [0.05, 0.1) is 5.56 Å². The molecule has 1 rings (SSSR count). The zero-order valence-corrected chi connectivity index (χ0v) is 11.2. The van der Waals surface area contributed by atoms with Crippen molar-refractivity contribution < 1.29 is 14.3 Å². The highest BCUT2D eigenvalue weighted by molar-refractivity contribution is 5.94. The van der Waals surface area contributed by atoms with Crippen molar-refractivity contribution in [1.82, 2.24) is 5.32 Å². The summed E-state index contributed by atoms with van der Waals surface area (Å²) in [6, 6.07) is 4.00. The number of aliphatic hydroxyl groups excluding tert-OH is 1. The highest BCUT2D eigenvalue weighted by atomic mass is 19.1. The van der Waals surface area contributed by atoms with Gasteiger partial charge in [0, 0.05) is 18.8 Å². The van der Waals surface area contributed by atoms with Crippen LogP contribution in [0.2, 0.25) is 0 Å². The molecule has 0 bridgehead atoms. The molecule has 106 valence electrons. The van der Waals surface area contributed by atoms with Crippen LogP contribution in [-0.4, -0.2) is 24.2 Å². The molecule has 0 saturated heterocycles. The Balaban J connectivity index is 2.58. The molecule has 1 aromatic carbocycles. The largest absolute Gasteiger partial charge is 0.399 e. The van der Waals surface area contributed by atoms with Crippen LogP contribution in [0.25, 0.3) is 0 Å². The van der Waals surface area contributed by atoms with Crippen molar-refractivity contribution in [3.05, 3.63) is 29.6 Å². The van der Waals surface area contributed by atoms with Gasteiger partial charge in [0.25, 0.3) is 5.91 Å². The topological polar surface area (TPSA) is 75.3 Å². The first-order chi connectivity index (χ1) is 9.08. The second-order valence-electron chi connectivity index (χ2n) is 4.62. The number of nitrogens with one attached hydrogen (secondary N) is 1. The third-order valence-corrected chi connectivity index (χ3v) is 3.02. The number of rotatable bonds is 7. The first-order valence-electron chi connectivity index (χ1n) is 6.52. The van der Waals surface area contributed by atoms with Crippen molar-refractivity contribution in [2.75, 3.05) is 18.9 Å². The summed E-state index contributed by atoms with van der Waals surface area (Å²) in [5.74, 6) is -0.848. The first-order valence-corrected chi connectivity index (χ1v) is 6.52. The van der Waals surface area contributed by atoms with Crippen molar-refractivity contribution in [2.24, 2.45) is 5.92 Å². The van der Waals surface area contributed by atoms with E-state index in [2.05, 4.69) is 5.32 Å². The van der Waals surface area contributed by atoms with Crippen LogP contribution in [0.3, 0.4) is 0 Å². The van der Waals surface area contributed by atoms with E-state index in [1.165, 1.54) is 12.1 Å². The molecule has 4 N–H and O–H groups in total. The molecular weight excluding hydrogens is 247 g/mol. The van der Waals surface area contributed by atoms with Gasteiger partial charge in [-0.25, -0.2) is 4.39 Å². The number of benzene rings is 1. The number of hydrogen-bond donors (Lipinski definition) is 3. The van der Waals surface area contributed by atoms with Crippen LogP contribution in [0.15, 0.2) is 18.2 Å². The molecule has 0 saturated carbocycles. The van der Waals surface area contributed by atoms with Gasteiger partial charge in [-0.05, 0) is 37.0 Å². The maximum atomic E-state index is 13.5. The van der Waals surface area contributed by atoms with Crippen molar-refractivity contribution >= 4 is 11.6 Å². The van der Waals surface area contributed by atoms with Gasteiger partial charge < -0.3 is 16.2 Å². The molecule has 0 aliphatic rings. The van der Waals surface area contributed by atoms with E-state index < -0.39 is 11.7 Å². The fraction of sp³-hybridized carbons (Fsp3) is 0.500. The maximum absolute atomic E-state index is 13.5. The molecule has 1 unspecified atom stereocenters. The molecule has 1 amide bonds. The SMILES string of the molecule is CCCC(CCO)CNC(=O)c1ccc(N)cc1F. The second-order valence-corrected chi connectivity index (χ2v) is 4.62. The van der Waals surface area contributed by atoms with Gasteiger partial charge in [0.1, 0.15) is 5.82 Å². The lowest BCUT2D eigenvalue weighted by Gasteiger charge is -2.15. The Morgan fingerprint density at radius 1 is 1.47 bits per heavy atom. The van der Waals surface area contributed by atoms with Crippen LogP contribution < -0.4 is 11.1 Å². The van der Waals surface area contributed by atoms with E-state index in [4.69, 9.17) is 10.8 Å². The second kappa shape index (κ2) is 7.74. The van der Waals surface area contributed by atoms with E-state index in [1.807, 2.05) is 6.92 Å². The summed E-state index contributed by atoms with van der Waals surface area (Å²) < 4.78 is 13.5. The van der Waals surface area contributed by atoms with E-state index in [0.717, 1.165) is 18.9 Å². The molecule has 0 aromatic heterocycles. The number of hydrogen-bond acceptors (Lipinski definition) is 3. The molecule has 1 atom stereocenters. The van der Waals surface area contributed by atoms with Crippen molar-refractivity contribution in [3.63, 3.8) is 0 Å². The Kier molecular flexibility index (Phi) is 6.29. The number of anilines is 1. The Hall–Kier alpha value is -1.62. The number of carbonyl (C=O) groups is 1. The fourth-order valence-corrected chi connectivity index (χ4v) is 1.99. The smallest absolute Gasteiger partial charge is 0.254 e. The number of carbonyl (C=O) groups excluding carboxylic acids is 1. The van der Waals surface area contributed by atoms with Crippen molar-refractivity contribution in [2.45, 2.75) is 26.2 Å². The summed E-state index contributed by atoms with van der Waals surface area (Å²) in [5, 5.41) is 11.6. The highest BCUT2D eigenvalue weighted by Gasteiger charge is 2.14. The molecule has 0 fully saturated rings.